The molecule has 1 unspecified atom stereocenters. The Balaban J connectivity index is 2.61. The summed E-state index contributed by atoms with van der Waals surface area (Å²) in [4.78, 5) is 6.82. The van der Waals surface area contributed by atoms with E-state index in [1.807, 2.05) is 12.1 Å². The highest BCUT2D eigenvalue weighted by Gasteiger charge is 2.09. The normalized spacial score (nSPS) is 13.8. The van der Waals surface area contributed by atoms with Crippen molar-refractivity contribution in [2.24, 2.45) is 10.7 Å². The zero-order chi connectivity index (χ0) is 15.8. The van der Waals surface area contributed by atoms with E-state index < -0.39 is 0 Å². The van der Waals surface area contributed by atoms with Gasteiger partial charge in [0, 0.05) is 11.7 Å². The zero-order valence-corrected chi connectivity index (χ0v) is 14.1. The Bertz CT molecular complexity index is 450. The first-order valence-electron chi connectivity index (χ1n) is 7.88. The maximum atomic E-state index is 5.98. The van der Waals surface area contributed by atoms with Crippen molar-refractivity contribution in [1.82, 2.24) is 4.90 Å². The number of rotatable bonds is 7. The number of nitrogens with two attached hydrogens (primary N) is 1. The van der Waals surface area contributed by atoms with Gasteiger partial charge in [0.15, 0.2) is 5.96 Å². The highest BCUT2D eigenvalue weighted by atomic mass is 15.2. The van der Waals surface area contributed by atoms with Crippen LogP contribution in [0, 0.1) is 0 Å². The van der Waals surface area contributed by atoms with E-state index >= 15 is 0 Å². The van der Waals surface area contributed by atoms with Crippen molar-refractivity contribution in [2.75, 3.05) is 25.0 Å². The van der Waals surface area contributed by atoms with Gasteiger partial charge in [-0.2, -0.15) is 0 Å². The Hall–Kier alpha value is -1.55. The molecule has 4 heteroatoms. The molecule has 1 atom stereocenters. The first-order valence-corrected chi connectivity index (χ1v) is 7.88. The third-order valence-corrected chi connectivity index (χ3v) is 3.79. The molecule has 118 valence electrons. The van der Waals surface area contributed by atoms with E-state index in [0.717, 1.165) is 18.8 Å². The summed E-state index contributed by atoms with van der Waals surface area (Å²) in [5.74, 6) is 0.988. The molecule has 0 heterocycles. The minimum Gasteiger partial charge on any atom is -0.370 e. The summed E-state index contributed by atoms with van der Waals surface area (Å²) in [5, 5.41) is 3.18. The van der Waals surface area contributed by atoms with E-state index in [4.69, 9.17) is 5.73 Å². The van der Waals surface area contributed by atoms with Crippen molar-refractivity contribution in [3.05, 3.63) is 29.8 Å². The predicted octanol–water partition coefficient (Wildman–Crippen LogP) is 3.27. The third-order valence-electron chi connectivity index (χ3n) is 3.79. The van der Waals surface area contributed by atoms with Gasteiger partial charge in [0.25, 0.3) is 0 Å². The highest BCUT2D eigenvalue weighted by Crippen LogP contribution is 2.18. The molecule has 0 bridgehead atoms. The number of anilines is 1. The average molecular weight is 290 g/mol. The van der Waals surface area contributed by atoms with E-state index in [0.29, 0.717) is 24.5 Å². The lowest BCUT2D eigenvalue weighted by atomic mass is 10.0. The minimum atomic E-state index is 0.405. The SMILES string of the molecule is CCN(CC)C(C)CN=C(N)Nc1cccc(C(C)C)c1. The molecule has 1 aromatic carbocycles. The van der Waals surface area contributed by atoms with Crippen LogP contribution in [0.3, 0.4) is 0 Å². The van der Waals surface area contributed by atoms with Gasteiger partial charge in [-0.1, -0.05) is 39.8 Å². The number of hydrogen-bond donors (Lipinski definition) is 2. The molecular formula is C17H30N4. The van der Waals surface area contributed by atoms with Crippen molar-refractivity contribution in [3.63, 3.8) is 0 Å². The van der Waals surface area contributed by atoms with Crippen LogP contribution in [0.5, 0.6) is 0 Å². The van der Waals surface area contributed by atoms with Crippen LogP contribution in [-0.2, 0) is 0 Å². The van der Waals surface area contributed by atoms with E-state index in [9.17, 15) is 0 Å². The molecular weight excluding hydrogens is 260 g/mol. The van der Waals surface area contributed by atoms with Crippen molar-refractivity contribution < 1.29 is 0 Å². The summed E-state index contributed by atoms with van der Waals surface area (Å²) in [5.41, 5.74) is 8.28. The molecule has 1 aromatic rings. The van der Waals surface area contributed by atoms with Crippen molar-refractivity contribution in [2.45, 2.75) is 46.6 Å². The van der Waals surface area contributed by atoms with Gasteiger partial charge in [0.05, 0.1) is 6.54 Å². The second kappa shape index (κ2) is 8.67. The number of aliphatic imine (C=N–C) groups is 1. The van der Waals surface area contributed by atoms with Crippen LogP contribution in [0.25, 0.3) is 0 Å². The van der Waals surface area contributed by atoms with Crippen LogP contribution in [0.4, 0.5) is 5.69 Å². The van der Waals surface area contributed by atoms with Crippen LogP contribution in [0.15, 0.2) is 29.3 Å². The van der Waals surface area contributed by atoms with Crippen molar-refractivity contribution >= 4 is 11.6 Å². The summed E-state index contributed by atoms with van der Waals surface area (Å²) in [6.07, 6.45) is 0. The molecule has 1 rings (SSSR count). The Morgan fingerprint density at radius 2 is 1.90 bits per heavy atom. The largest absolute Gasteiger partial charge is 0.370 e. The fourth-order valence-corrected chi connectivity index (χ4v) is 2.36. The molecule has 0 aliphatic carbocycles. The summed E-state index contributed by atoms with van der Waals surface area (Å²) in [6.45, 7) is 13.7. The Labute approximate surface area is 129 Å². The van der Waals surface area contributed by atoms with Gasteiger partial charge in [0.2, 0.25) is 0 Å². The van der Waals surface area contributed by atoms with E-state index in [1.54, 1.807) is 0 Å². The number of nitrogens with one attached hydrogen (secondary N) is 1. The molecule has 0 saturated heterocycles. The quantitative estimate of drug-likeness (QED) is 0.598. The van der Waals surface area contributed by atoms with Crippen LogP contribution in [0.1, 0.15) is 46.1 Å². The van der Waals surface area contributed by atoms with Crippen LogP contribution >= 0.6 is 0 Å². The molecule has 0 aliphatic rings. The Morgan fingerprint density at radius 3 is 2.48 bits per heavy atom. The van der Waals surface area contributed by atoms with Crippen LogP contribution in [0.2, 0.25) is 0 Å². The third kappa shape index (κ3) is 5.76. The fraction of sp³-hybridized carbons (Fsp3) is 0.588. The van der Waals surface area contributed by atoms with Crippen LogP contribution in [-0.4, -0.2) is 36.5 Å². The van der Waals surface area contributed by atoms with Gasteiger partial charge in [0.1, 0.15) is 0 Å². The van der Waals surface area contributed by atoms with Gasteiger partial charge < -0.3 is 11.1 Å². The van der Waals surface area contributed by atoms with Crippen LogP contribution < -0.4 is 11.1 Å². The minimum absolute atomic E-state index is 0.405. The van der Waals surface area contributed by atoms with E-state index in [2.05, 4.69) is 62.0 Å². The number of benzene rings is 1. The smallest absolute Gasteiger partial charge is 0.193 e. The maximum absolute atomic E-state index is 5.98. The summed E-state index contributed by atoms with van der Waals surface area (Å²) < 4.78 is 0. The lowest BCUT2D eigenvalue weighted by Gasteiger charge is -2.24. The molecule has 0 spiro atoms. The zero-order valence-electron chi connectivity index (χ0n) is 14.1. The second-order valence-corrected chi connectivity index (χ2v) is 5.70. The average Bonchev–Trinajstić information content (AvgIpc) is 2.46. The molecule has 0 saturated carbocycles. The fourth-order valence-electron chi connectivity index (χ4n) is 2.36. The topological polar surface area (TPSA) is 53.6 Å². The number of hydrogen-bond acceptors (Lipinski definition) is 2. The van der Waals surface area contributed by atoms with Gasteiger partial charge in [-0.3, -0.25) is 9.89 Å². The lowest BCUT2D eigenvalue weighted by Crippen LogP contribution is -2.36. The predicted molar refractivity (Wildman–Crippen MR) is 93.0 cm³/mol. The molecule has 0 aromatic heterocycles. The van der Waals surface area contributed by atoms with E-state index in [1.165, 1.54) is 5.56 Å². The monoisotopic (exact) mass is 290 g/mol. The van der Waals surface area contributed by atoms with Crippen molar-refractivity contribution in [1.29, 1.82) is 0 Å². The molecule has 3 N–H and O–H groups in total. The van der Waals surface area contributed by atoms with Gasteiger partial charge in [-0.25, -0.2) is 0 Å². The molecule has 4 nitrogen and oxygen atoms in total. The first-order chi connectivity index (χ1) is 9.97. The summed E-state index contributed by atoms with van der Waals surface area (Å²) >= 11 is 0. The molecule has 0 radical (unpaired) electrons. The molecule has 0 amide bonds. The number of likely N-dealkylation sites (N-methyl/N-ethyl adjacent to an activating group) is 1. The van der Waals surface area contributed by atoms with Gasteiger partial charge in [-0.15, -0.1) is 0 Å². The highest BCUT2D eigenvalue weighted by molar-refractivity contribution is 5.92. The molecule has 21 heavy (non-hydrogen) atoms. The molecule has 0 fully saturated rings. The number of guanidine groups is 1. The Kier molecular flexibility index (Phi) is 7.23. The Morgan fingerprint density at radius 1 is 1.24 bits per heavy atom. The molecule has 0 aliphatic heterocycles. The first kappa shape index (κ1) is 17.5. The lowest BCUT2D eigenvalue weighted by molar-refractivity contribution is 0.237. The maximum Gasteiger partial charge on any atom is 0.193 e. The van der Waals surface area contributed by atoms with Gasteiger partial charge >= 0.3 is 0 Å². The number of nitrogens with zero attached hydrogens (tertiary/aromatic N) is 2. The standard InChI is InChI=1S/C17H30N4/c1-6-21(7-2)14(5)12-19-17(18)20-16-10-8-9-15(11-16)13(3)4/h8-11,13-14H,6-7,12H2,1-5H3,(H3,18,19,20). The second-order valence-electron chi connectivity index (χ2n) is 5.70. The summed E-state index contributed by atoms with van der Waals surface area (Å²) in [7, 11) is 0. The van der Waals surface area contributed by atoms with Crippen molar-refractivity contribution in [3.8, 4) is 0 Å². The summed E-state index contributed by atoms with van der Waals surface area (Å²) in [6, 6.07) is 8.72. The van der Waals surface area contributed by atoms with Gasteiger partial charge in [-0.05, 0) is 43.6 Å². The van der Waals surface area contributed by atoms with E-state index in [-0.39, 0.29) is 0 Å².